The second kappa shape index (κ2) is 6.59. The second-order valence-corrected chi connectivity index (χ2v) is 5.47. The van der Waals surface area contributed by atoms with Crippen LogP contribution in [0.2, 0.25) is 0 Å². The third-order valence-corrected chi connectivity index (χ3v) is 3.64. The van der Waals surface area contributed by atoms with Gasteiger partial charge in [-0.3, -0.25) is 0 Å². The summed E-state index contributed by atoms with van der Waals surface area (Å²) < 4.78 is 19.9. The number of hydrogen-bond donors (Lipinski definition) is 1. The molecule has 2 aromatic rings. The van der Waals surface area contributed by atoms with Gasteiger partial charge in [0.2, 0.25) is 0 Å². The summed E-state index contributed by atoms with van der Waals surface area (Å²) in [6.07, 6.45) is 0. The summed E-state index contributed by atoms with van der Waals surface area (Å²) >= 11 is 3.32. The molecule has 0 heterocycles. The highest BCUT2D eigenvalue weighted by atomic mass is 79.9. The van der Waals surface area contributed by atoms with Crippen LogP contribution in [0.25, 0.3) is 0 Å². The predicted octanol–water partition coefficient (Wildman–Crippen LogP) is 4.64. The van der Waals surface area contributed by atoms with Crippen molar-refractivity contribution in [2.75, 3.05) is 12.4 Å². The summed E-state index contributed by atoms with van der Waals surface area (Å²) in [7, 11) is 1.50. The van der Waals surface area contributed by atoms with Gasteiger partial charge < -0.3 is 10.1 Å². The molecule has 0 spiro atoms. The molecule has 0 radical (unpaired) electrons. The molecule has 1 N–H and O–H groups in total. The maximum Gasteiger partial charge on any atom is 0.132 e. The normalized spacial score (nSPS) is 11.6. The number of anilines is 1. The standard InChI is InChI=1S/C16H14BrFN2O/c1-10(14-5-4-13(21-2)8-15(14)18)20-16-6-3-12(17)7-11(16)9-19/h3-8,10,20H,1-2H3. The Bertz CT molecular complexity index is 697. The van der Waals surface area contributed by atoms with Crippen LogP contribution in [0.5, 0.6) is 5.75 Å². The van der Waals surface area contributed by atoms with Gasteiger partial charge in [0.25, 0.3) is 0 Å². The summed E-state index contributed by atoms with van der Waals surface area (Å²) in [6.45, 7) is 1.84. The summed E-state index contributed by atoms with van der Waals surface area (Å²) in [6, 6.07) is 11.9. The maximum absolute atomic E-state index is 14.0. The molecular formula is C16H14BrFN2O. The molecule has 0 aliphatic heterocycles. The molecule has 3 nitrogen and oxygen atoms in total. The van der Waals surface area contributed by atoms with Gasteiger partial charge in [0.15, 0.2) is 0 Å². The van der Waals surface area contributed by atoms with E-state index in [0.29, 0.717) is 22.6 Å². The molecule has 1 atom stereocenters. The van der Waals surface area contributed by atoms with Crippen molar-refractivity contribution in [2.24, 2.45) is 0 Å². The first-order valence-corrected chi connectivity index (χ1v) is 7.14. The quantitative estimate of drug-likeness (QED) is 0.875. The van der Waals surface area contributed by atoms with Gasteiger partial charge in [-0.15, -0.1) is 0 Å². The van der Waals surface area contributed by atoms with Crippen molar-refractivity contribution in [3.8, 4) is 11.8 Å². The molecule has 0 aliphatic rings. The van der Waals surface area contributed by atoms with Crippen LogP contribution >= 0.6 is 15.9 Å². The average Bonchev–Trinajstić information content (AvgIpc) is 2.48. The molecule has 2 aromatic carbocycles. The molecule has 0 saturated carbocycles. The fourth-order valence-electron chi connectivity index (χ4n) is 2.03. The van der Waals surface area contributed by atoms with Gasteiger partial charge >= 0.3 is 0 Å². The van der Waals surface area contributed by atoms with E-state index in [1.165, 1.54) is 13.2 Å². The Morgan fingerprint density at radius 2 is 2.05 bits per heavy atom. The second-order valence-electron chi connectivity index (χ2n) is 4.56. The van der Waals surface area contributed by atoms with Gasteiger partial charge in [-0.2, -0.15) is 5.26 Å². The number of ether oxygens (including phenoxy) is 1. The Morgan fingerprint density at radius 3 is 2.67 bits per heavy atom. The molecule has 108 valence electrons. The molecule has 0 saturated heterocycles. The molecule has 2 rings (SSSR count). The zero-order valence-corrected chi connectivity index (χ0v) is 13.2. The summed E-state index contributed by atoms with van der Waals surface area (Å²) in [4.78, 5) is 0. The minimum Gasteiger partial charge on any atom is -0.497 e. The number of rotatable bonds is 4. The Kier molecular flexibility index (Phi) is 4.81. The van der Waals surface area contributed by atoms with Crippen molar-refractivity contribution in [1.29, 1.82) is 5.26 Å². The van der Waals surface area contributed by atoms with Crippen LogP contribution in [0.4, 0.5) is 10.1 Å². The van der Waals surface area contributed by atoms with Crippen LogP contribution in [0, 0.1) is 17.1 Å². The SMILES string of the molecule is COc1ccc(C(C)Nc2ccc(Br)cc2C#N)c(F)c1. The maximum atomic E-state index is 14.0. The first-order chi connectivity index (χ1) is 10.0. The van der Waals surface area contributed by atoms with Crippen molar-refractivity contribution in [2.45, 2.75) is 13.0 Å². The zero-order valence-electron chi connectivity index (χ0n) is 11.7. The highest BCUT2D eigenvalue weighted by Gasteiger charge is 2.13. The number of methoxy groups -OCH3 is 1. The monoisotopic (exact) mass is 348 g/mol. The van der Waals surface area contributed by atoms with Crippen LogP contribution < -0.4 is 10.1 Å². The number of nitrogens with one attached hydrogen (secondary N) is 1. The van der Waals surface area contributed by atoms with Crippen molar-refractivity contribution in [3.63, 3.8) is 0 Å². The number of benzene rings is 2. The predicted molar refractivity (Wildman–Crippen MR) is 83.8 cm³/mol. The Morgan fingerprint density at radius 1 is 1.29 bits per heavy atom. The van der Waals surface area contributed by atoms with E-state index in [0.717, 1.165) is 4.47 Å². The summed E-state index contributed by atoms with van der Waals surface area (Å²) in [5.41, 5.74) is 1.69. The van der Waals surface area contributed by atoms with E-state index in [1.54, 1.807) is 24.3 Å². The van der Waals surface area contributed by atoms with Crippen molar-refractivity contribution < 1.29 is 9.13 Å². The van der Waals surface area contributed by atoms with E-state index in [1.807, 2.05) is 13.0 Å². The van der Waals surface area contributed by atoms with E-state index in [2.05, 4.69) is 27.3 Å². The van der Waals surface area contributed by atoms with E-state index >= 15 is 0 Å². The van der Waals surface area contributed by atoms with Crippen LogP contribution in [0.15, 0.2) is 40.9 Å². The Balaban J connectivity index is 2.26. The van der Waals surface area contributed by atoms with Gasteiger partial charge in [0, 0.05) is 16.1 Å². The summed E-state index contributed by atoms with van der Waals surface area (Å²) in [5.74, 6) is 0.134. The van der Waals surface area contributed by atoms with Gasteiger partial charge in [-0.25, -0.2) is 4.39 Å². The highest BCUT2D eigenvalue weighted by molar-refractivity contribution is 9.10. The average molecular weight is 349 g/mol. The molecule has 0 amide bonds. The third kappa shape index (κ3) is 3.53. The van der Waals surface area contributed by atoms with Crippen molar-refractivity contribution in [3.05, 3.63) is 57.8 Å². The van der Waals surface area contributed by atoms with E-state index < -0.39 is 0 Å². The Labute approximate surface area is 131 Å². The largest absolute Gasteiger partial charge is 0.497 e. The van der Waals surface area contributed by atoms with Crippen LogP contribution in [-0.4, -0.2) is 7.11 Å². The van der Waals surface area contributed by atoms with Crippen molar-refractivity contribution >= 4 is 21.6 Å². The van der Waals surface area contributed by atoms with E-state index in [9.17, 15) is 4.39 Å². The molecule has 21 heavy (non-hydrogen) atoms. The number of hydrogen-bond acceptors (Lipinski definition) is 3. The number of halogens is 2. The lowest BCUT2D eigenvalue weighted by Gasteiger charge is -2.18. The first-order valence-electron chi connectivity index (χ1n) is 6.34. The van der Waals surface area contributed by atoms with Crippen LogP contribution in [-0.2, 0) is 0 Å². The third-order valence-electron chi connectivity index (χ3n) is 3.15. The number of nitriles is 1. The van der Waals surface area contributed by atoms with E-state index in [-0.39, 0.29) is 11.9 Å². The van der Waals surface area contributed by atoms with Crippen molar-refractivity contribution in [1.82, 2.24) is 0 Å². The zero-order chi connectivity index (χ0) is 15.4. The van der Waals surface area contributed by atoms with Gasteiger partial charge in [0.1, 0.15) is 17.6 Å². The van der Waals surface area contributed by atoms with Gasteiger partial charge in [0.05, 0.1) is 24.4 Å². The van der Waals surface area contributed by atoms with Crippen LogP contribution in [0.3, 0.4) is 0 Å². The lowest BCUT2D eigenvalue weighted by Crippen LogP contribution is -2.09. The summed E-state index contributed by atoms with van der Waals surface area (Å²) in [5, 5.41) is 12.3. The highest BCUT2D eigenvalue weighted by Crippen LogP contribution is 2.27. The van der Waals surface area contributed by atoms with Gasteiger partial charge in [-0.1, -0.05) is 22.0 Å². The minimum atomic E-state index is -0.343. The molecule has 0 aromatic heterocycles. The first kappa shape index (κ1) is 15.3. The fourth-order valence-corrected chi connectivity index (χ4v) is 2.39. The fraction of sp³-hybridized carbons (Fsp3) is 0.188. The molecule has 1 unspecified atom stereocenters. The van der Waals surface area contributed by atoms with Gasteiger partial charge in [-0.05, 0) is 31.2 Å². The Hall–Kier alpha value is -2.06. The topological polar surface area (TPSA) is 45.0 Å². The minimum absolute atomic E-state index is 0.274. The number of nitrogens with zero attached hydrogens (tertiary/aromatic N) is 1. The smallest absolute Gasteiger partial charge is 0.132 e. The molecule has 0 aliphatic carbocycles. The molecule has 0 bridgehead atoms. The molecule has 5 heteroatoms. The molecular weight excluding hydrogens is 335 g/mol. The van der Waals surface area contributed by atoms with E-state index in [4.69, 9.17) is 10.00 Å². The molecule has 0 fully saturated rings. The van der Waals surface area contributed by atoms with Crippen LogP contribution in [0.1, 0.15) is 24.1 Å². The lowest BCUT2D eigenvalue weighted by molar-refractivity contribution is 0.410. The lowest BCUT2D eigenvalue weighted by atomic mass is 10.1.